The molecule has 0 aromatic carbocycles. The standard InChI is InChI=1S/C19H28IN5O2/c1-19-6-12(7-19)15(8-19)23-16-14(17(27)25-20)10-22-18(24-16)21-9-11-2-4-13(26)5-3-11/h10-13,15,26H,2-9H2,1H3,(H,25,27)(H2,21,22,23,24)/t11?,12?,13?,15-,19?/m0/s1. The van der Waals surface area contributed by atoms with Gasteiger partial charge in [0.05, 0.1) is 29.0 Å². The zero-order valence-corrected chi connectivity index (χ0v) is 17.8. The van der Waals surface area contributed by atoms with Crippen LogP contribution >= 0.6 is 22.9 Å². The molecule has 5 rings (SSSR count). The van der Waals surface area contributed by atoms with Crippen LogP contribution in [0.3, 0.4) is 0 Å². The average molecular weight is 485 g/mol. The monoisotopic (exact) mass is 485 g/mol. The molecule has 4 N–H and O–H groups in total. The number of aliphatic hydroxyl groups is 1. The maximum Gasteiger partial charge on any atom is 0.265 e. The molecule has 8 heteroatoms. The number of carbonyl (C=O) groups is 1. The van der Waals surface area contributed by atoms with Gasteiger partial charge in [-0.3, -0.25) is 8.32 Å². The SMILES string of the molecule is CC12CC(C1)[C@@H](Nc1nc(NCC3CCC(O)CC3)ncc1C(=O)NI)C2. The predicted octanol–water partition coefficient (Wildman–Crippen LogP) is 3.12. The van der Waals surface area contributed by atoms with Crippen LogP contribution < -0.4 is 14.2 Å². The summed E-state index contributed by atoms with van der Waals surface area (Å²) in [6, 6.07) is 0.387. The maximum absolute atomic E-state index is 12.2. The topological polar surface area (TPSA) is 99.2 Å². The molecule has 27 heavy (non-hydrogen) atoms. The molecule has 4 fully saturated rings. The lowest BCUT2D eigenvalue weighted by molar-refractivity contribution is 0.0989. The van der Waals surface area contributed by atoms with E-state index in [1.54, 1.807) is 6.20 Å². The number of nitrogens with one attached hydrogen (secondary N) is 3. The van der Waals surface area contributed by atoms with Crippen molar-refractivity contribution < 1.29 is 9.90 Å². The summed E-state index contributed by atoms with van der Waals surface area (Å²) >= 11 is 1.85. The van der Waals surface area contributed by atoms with Gasteiger partial charge in [-0.15, -0.1) is 0 Å². The van der Waals surface area contributed by atoms with Gasteiger partial charge in [0.2, 0.25) is 5.95 Å². The van der Waals surface area contributed by atoms with Crippen molar-refractivity contribution >= 4 is 40.5 Å². The molecule has 4 saturated carbocycles. The van der Waals surface area contributed by atoms with Crippen LogP contribution in [-0.2, 0) is 0 Å². The first-order chi connectivity index (χ1) is 13.0. The van der Waals surface area contributed by atoms with Crippen LogP contribution in [0.25, 0.3) is 0 Å². The molecule has 0 spiro atoms. The van der Waals surface area contributed by atoms with Gasteiger partial charge in [0, 0.05) is 18.8 Å². The second-order valence-corrected chi connectivity index (χ2v) is 9.41. The fourth-order valence-corrected chi connectivity index (χ4v) is 5.37. The summed E-state index contributed by atoms with van der Waals surface area (Å²) in [4.78, 5) is 21.2. The van der Waals surface area contributed by atoms with Gasteiger partial charge in [-0.2, -0.15) is 4.98 Å². The first kappa shape index (κ1) is 19.2. The molecule has 0 aliphatic heterocycles. The van der Waals surface area contributed by atoms with Crippen LogP contribution in [0.15, 0.2) is 6.20 Å². The molecule has 4 aliphatic carbocycles. The van der Waals surface area contributed by atoms with Crippen LogP contribution in [0.2, 0.25) is 0 Å². The minimum absolute atomic E-state index is 0.140. The lowest BCUT2D eigenvalue weighted by Gasteiger charge is -2.34. The fraction of sp³-hybridized carbons (Fsp3) is 0.737. The largest absolute Gasteiger partial charge is 0.393 e. The van der Waals surface area contributed by atoms with E-state index in [0.717, 1.165) is 38.6 Å². The molecular weight excluding hydrogens is 457 g/mol. The van der Waals surface area contributed by atoms with Gasteiger partial charge >= 0.3 is 0 Å². The summed E-state index contributed by atoms with van der Waals surface area (Å²) in [5.41, 5.74) is 0.957. The molecule has 0 saturated heterocycles. The third-order valence-corrected chi connectivity index (χ3v) is 7.09. The minimum Gasteiger partial charge on any atom is -0.393 e. The zero-order chi connectivity index (χ0) is 19.0. The van der Waals surface area contributed by atoms with Crippen LogP contribution in [0.4, 0.5) is 11.8 Å². The number of rotatable bonds is 6. The normalized spacial score (nSPS) is 34.6. The van der Waals surface area contributed by atoms with E-state index in [2.05, 4.69) is 31.1 Å². The first-order valence-electron chi connectivity index (χ1n) is 9.92. The lowest BCUT2D eigenvalue weighted by atomic mass is 9.71. The van der Waals surface area contributed by atoms with E-state index in [4.69, 9.17) is 0 Å². The highest BCUT2D eigenvalue weighted by Crippen LogP contribution is 2.59. The van der Waals surface area contributed by atoms with Crippen molar-refractivity contribution in [2.75, 3.05) is 17.2 Å². The molecule has 7 nitrogen and oxygen atoms in total. The number of carbonyl (C=O) groups excluding carboxylic acids is 1. The van der Waals surface area contributed by atoms with E-state index in [-0.39, 0.29) is 12.0 Å². The van der Waals surface area contributed by atoms with Crippen LogP contribution in [-0.4, -0.2) is 39.7 Å². The Morgan fingerprint density at radius 1 is 1.30 bits per heavy atom. The van der Waals surface area contributed by atoms with Crippen molar-refractivity contribution in [3.05, 3.63) is 11.8 Å². The highest BCUT2D eigenvalue weighted by atomic mass is 127. The van der Waals surface area contributed by atoms with Gasteiger partial charge in [0.25, 0.3) is 5.91 Å². The maximum atomic E-state index is 12.2. The van der Waals surface area contributed by atoms with Gasteiger partial charge in [0.15, 0.2) is 0 Å². The van der Waals surface area contributed by atoms with Gasteiger partial charge in [-0.1, -0.05) is 6.92 Å². The lowest BCUT2D eigenvalue weighted by Crippen LogP contribution is -2.29. The molecule has 4 aliphatic rings. The van der Waals surface area contributed by atoms with Gasteiger partial charge in [-0.25, -0.2) is 4.98 Å². The van der Waals surface area contributed by atoms with Crippen LogP contribution in [0.5, 0.6) is 0 Å². The molecule has 1 heterocycles. The van der Waals surface area contributed by atoms with Crippen molar-refractivity contribution in [3.8, 4) is 0 Å². The summed E-state index contributed by atoms with van der Waals surface area (Å²) in [5, 5.41) is 16.5. The second kappa shape index (κ2) is 7.69. The third-order valence-electron chi connectivity index (χ3n) is 6.60. The Morgan fingerprint density at radius 2 is 2.04 bits per heavy atom. The molecule has 1 aromatic heterocycles. The number of nitrogens with zero attached hydrogens (tertiary/aromatic N) is 2. The number of hydrogen-bond acceptors (Lipinski definition) is 6. The van der Waals surface area contributed by atoms with E-state index >= 15 is 0 Å². The van der Waals surface area contributed by atoms with E-state index in [9.17, 15) is 9.90 Å². The number of fused-ring (bicyclic) bond motifs is 1. The summed E-state index contributed by atoms with van der Waals surface area (Å²) < 4.78 is 2.65. The quantitative estimate of drug-likeness (QED) is 0.365. The highest BCUT2D eigenvalue weighted by molar-refractivity contribution is 14.1. The van der Waals surface area contributed by atoms with Crippen molar-refractivity contribution in [1.82, 2.24) is 13.5 Å². The Kier molecular flexibility index (Phi) is 5.46. The molecule has 1 amide bonds. The van der Waals surface area contributed by atoms with E-state index in [1.165, 1.54) is 12.8 Å². The Bertz CT molecular complexity index is 701. The Hall–Kier alpha value is -1.16. The van der Waals surface area contributed by atoms with Gasteiger partial charge < -0.3 is 15.7 Å². The number of aromatic nitrogens is 2. The minimum atomic E-state index is -0.178. The Balaban J connectivity index is 1.44. The number of hydrogen-bond donors (Lipinski definition) is 4. The Labute approximate surface area is 174 Å². The molecule has 2 bridgehead atoms. The molecule has 1 aromatic rings. The third kappa shape index (κ3) is 4.16. The average Bonchev–Trinajstić information content (AvgIpc) is 3.12. The fourth-order valence-electron chi connectivity index (χ4n) is 5.08. The molecule has 0 radical (unpaired) electrons. The molecular formula is C19H28IN5O2. The van der Waals surface area contributed by atoms with Crippen molar-refractivity contribution in [3.63, 3.8) is 0 Å². The highest BCUT2D eigenvalue weighted by Gasteiger charge is 2.53. The first-order valence-corrected chi connectivity index (χ1v) is 11.0. The van der Waals surface area contributed by atoms with E-state index in [0.29, 0.717) is 40.6 Å². The summed E-state index contributed by atoms with van der Waals surface area (Å²) in [5.74, 6) is 2.23. The predicted molar refractivity (Wildman–Crippen MR) is 113 cm³/mol. The van der Waals surface area contributed by atoms with Crippen molar-refractivity contribution in [2.45, 2.75) is 64.0 Å². The molecule has 148 valence electrons. The van der Waals surface area contributed by atoms with Crippen LogP contribution in [0, 0.1) is 17.3 Å². The van der Waals surface area contributed by atoms with E-state index in [1.807, 2.05) is 22.9 Å². The Morgan fingerprint density at radius 3 is 2.67 bits per heavy atom. The second-order valence-electron chi connectivity index (χ2n) is 8.87. The van der Waals surface area contributed by atoms with E-state index < -0.39 is 0 Å². The van der Waals surface area contributed by atoms with Gasteiger partial charge in [0.1, 0.15) is 11.4 Å². The summed E-state index contributed by atoms with van der Waals surface area (Å²) in [6.45, 7) is 3.14. The smallest absolute Gasteiger partial charge is 0.265 e. The summed E-state index contributed by atoms with van der Waals surface area (Å²) in [7, 11) is 0. The number of amides is 1. The number of halogens is 1. The number of anilines is 2. The van der Waals surface area contributed by atoms with Gasteiger partial charge in [-0.05, 0) is 62.2 Å². The van der Waals surface area contributed by atoms with Crippen LogP contribution in [0.1, 0.15) is 62.2 Å². The summed E-state index contributed by atoms with van der Waals surface area (Å²) in [6.07, 6.45) is 8.93. The van der Waals surface area contributed by atoms with Crippen molar-refractivity contribution in [2.24, 2.45) is 17.3 Å². The van der Waals surface area contributed by atoms with Crippen molar-refractivity contribution in [1.29, 1.82) is 0 Å². The molecule has 1 atom stereocenters. The number of aliphatic hydroxyl groups excluding tert-OH is 1. The zero-order valence-electron chi connectivity index (χ0n) is 15.7. The molecule has 0 unspecified atom stereocenters.